The molecule has 1 aromatic rings. The maximum atomic E-state index is 12.3. The Kier molecular flexibility index (Phi) is 4.79. The molecule has 23 heavy (non-hydrogen) atoms. The maximum Gasteiger partial charge on any atom is 0.262 e. The van der Waals surface area contributed by atoms with E-state index in [2.05, 4.69) is 23.3 Å². The summed E-state index contributed by atoms with van der Waals surface area (Å²) in [5.74, 6) is 0.733. The van der Waals surface area contributed by atoms with E-state index in [0.29, 0.717) is 11.4 Å². The third-order valence-corrected chi connectivity index (χ3v) is 4.91. The molecule has 2 N–H and O–H groups in total. The van der Waals surface area contributed by atoms with Gasteiger partial charge in [0.1, 0.15) is 5.76 Å². The van der Waals surface area contributed by atoms with E-state index in [9.17, 15) is 4.79 Å². The van der Waals surface area contributed by atoms with Crippen molar-refractivity contribution in [2.45, 2.75) is 6.42 Å². The van der Waals surface area contributed by atoms with Gasteiger partial charge in [-0.05, 0) is 41.6 Å². The molecule has 0 saturated heterocycles. The van der Waals surface area contributed by atoms with E-state index in [1.165, 1.54) is 16.9 Å². The van der Waals surface area contributed by atoms with E-state index < -0.39 is 0 Å². The highest BCUT2D eigenvalue weighted by atomic mass is 32.1. The lowest BCUT2D eigenvalue weighted by atomic mass is 9.89. The molecular formula is C18H20N2O2S. The highest BCUT2D eigenvalue weighted by molar-refractivity contribution is 7.12. The average molecular weight is 328 g/mol. The number of hydrogen-bond acceptors (Lipinski definition) is 4. The third kappa shape index (κ3) is 3.16. The van der Waals surface area contributed by atoms with Crippen LogP contribution in [-0.2, 0) is 4.74 Å². The number of ether oxygens (including phenoxy) is 1. The summed E-state index contributed by atoms with van der Waals surface area (Å²) >= 11 is 1.44. The second-order valence-corrected chi connectivity index (χ2v) is 6.30. The van der Waals surface area contributed by atoms with E-state index in [1.54, 1.807) is 7.11 Å². The van der Waals surface area contributed by atoms with Gasteiger partial charge in [0.25, 0.3) is 5.91 Å². The summed E-state index contributed by atoms with van der Waals surface area (Å²) in [6, 6.07) is 1.96. The molecule has 0 spiro atoms. The predicted octanol–water partition coefficient (Wildman–Crippen LogP) is 2.88. The SMILES string of the molecule is C=C1/C(C2=CCNCC2)=C(OC)\C=C/CNC(=O)c2sccc21. The van der Waals surface area contributed by atoms with Gasteiger partial charge in [-0.2, -0.15) is 0 Å². The maximum absolute atomic E-state index is 12.3. The van der Waals surface area contributed by atoms with Crippen molar-refractivity contribution in [2.75, 3.05) is 26.7 Å². The van der Waals surface area contributed by atoms with Crippen LogP contribution in [0.4, 0.5) is 0 Å². The van der Waals surface area contributed by atoms with E-state index in [0.717, 1.165) is 42.0 Å². The van der Waals surface area contributed by atoms with E-state index in [4.69, 9.17) is 4.74 Å². The number of hydrogen-bond donors (Lipinski definition) is 2. The van der Waals surface area contributed by atoms with Crippen LogP contribution in [0, 0.1) is 0 Å². The van der Waals surface area contributed by atoms with Crippen LogP contribution in [0.1, 0.15) is 21.7 Å². The van der Waals surface area contributed by atoms with Gasteiger partial charge in [0.05, 0.1) is 12.0 Å². The number of carbonyl (C=O) groups excluding carboxylic acids is 1. The van der Waals surface area contributed by atoms with Gasteiger partial charge in [0.2, 0.25) is 0 Å². The monoisotopic (exact) mass is 328 g/mol. The van der Waals surface area contributed by atoms with Gasteiger partial charge in [0, 0.05) is 24.2 Å². The summed E-state index contributed by atoms with van der Waals surface area (Å²) in [7, 11) is 1.67. The lowest BCUT2D eigenvalue weighted by molar-refractivity contribution is 0.0961. The average Bonchev–Trinajstić information content (AvgIpc) is 3.07. The van der Waals surface area contributed by atoms with Crippen LogP contribution in [0.2, 0.25) is 0 Å². The molecule has 5 heteroatoms. The van der Waals surface area contributed by atoms with Crippen molar-refractivity contribution in [1.29, 1.82) is 0 Å². The van der Waals surface area contributed by atoms with Gasteiger partial charge in [-0.1, -0.05) is 18.7 Å². The predicted molar refractivity (Wildman–Crippen MR) is 94.4 cm³/mol. The minimum absolute atomic E-state index is 0.0553. The number of rotatable bonds is 2. The Morgan fingerprint density at radius 2 is 2.22 bits per heavy atom. The van der Waals surface area contributed by atoms with Crippen LogP contribution in [0.5, 0.6) is 0 Å². The number of amides is 1. The zero-order valence-corrected chi connectivity index (χ0v) is 14.0. The number of nitrogens with one attached hydrogen (secondary N) is 2. The van der Waals surface area contributed by atoms with Crippen molar-refractivity contribution < 1.29 is 9.53 Å². The van der Waals surface area contributed by atoms with Gasteiger partial charge >= 0.3 is 0 Å². The van der Waals surface area contributed by atoms with Crippen LogP contribution in [-0.4, -0.2) is 32.7 Å². The van der Waals surface area contributed by atoms with Crippen molar-refractivity contribution >= 4 is 22.8 Å². The first-order valence-electron chi connectivity index (χ1n) is 7.62. The molecule has 0 radical (unpaired) electrons. The smallest absolute Gasteiger partial charge is 0.262 e. The van der Waals surface area contributed by atoms with Crippen LogP contribution >= 0.6 is 11.3 Å². The molecule has 0 saturated carbocycles. The highest BCUT2D eigenvalue weighted by Crippen LogP contribution is 2.36. The lowest BCUT2D eigenvalue weighted by Gasteiger charge is -2.22. The molecule has 1 aromatic heterocycles. The minimum Gasteiger partial charge on any atom is -0.496 e. The summed E-state index contributed by atoms with van der Waals surface area (Å²) in [6.45, 7) is 6.53. The largest absolute Gasteiger partial charge is 0.496 e. The summed E-state index contributed by atoms with van der Waals surface area (Å²) in [6.07, 6.45) is 6.92. The van der Waals surface area contributed by atoms with Crippen LogP contribution in [0.25, 0.3) is 5.57 Å². The fourth-order valence-corrected chi connectivity index (χ4v) is 3.70. The van der Waals surface area contributed by atoms with E-state index >= 15 is 0 Å². The van der Waals surface area contributed by atoms with Gasteiger partial charge in [-0.3, -0.25) is 4.79 Å². The van der Waals surface area contributed by atoms with Crippen LogP contribution in [0.15, 0.2) is 53.2 Å². The summed E-state index contributed by atoms with van der Waals surface area (Å²) in [5.41, 5.74) is 3.94. The Morgan fingerprint density at radius 3 is 2.96 bits per heavy atom. The molecule has 0 unspecified atom stereocenters. The standard InChI is InChI=1S/C18H20N2O2S/c1-12-14-7-11-23-17(14)18(21)20-8-3-4-15(22-2)16(12)13-5-9-19-10-6-13/h3-5,7,11,19H,1,6,8-10H2,2H3,(H,20,21)/b4-3-,16-15-. The molecule has 120 valence electrons. The van der Waals surface area contributed by atoms with Crippen LogP contribution < -0.4 is 10.6 Å². The molecule has 0 aliphatic carbocycles. The molecule has 0 aromatic carbocycles. The Morgan fingerprint density at radius 1 is 1.35 bits per heavy atom. The Bertz CT molecular complexity index is 725. The van der Waals surface area contributed by atoms with E-state index in [-0.39, 0.29) is 5.91 Å². The highest BCUT2D eigenvalue weighted by Gasteiger charge is 2.23. The first-order chi connectivity index (χ1) is 11.2. The fraction of sp³-hybridized carbons (Fsp3) is 0.278. The molecular weight excluding hydrogens is 308 g/mol. The Labute approximate surface area is 140 Å². The molecule has 2 aliphatic rings. The first kappa shape index (κ1) is 15.8. The fourth-order valence-electron chi connectivity index (χ4n) is 2.86. The first-order valence-corrected chi connectivity index (χ1v) is 8.50. The van der Waals surface area contributed by atoms with Gasteiger partial charge in [0.15, 0.2) is 0 Å². The van der Waals surface area contributed by atoms with Crippen molar-refractivity contribution in [1.82, 2.24) is 10.6 Å². The normalized spacial score (nSPS) is 23.6. The number of allylic oxidation sites excluding steroid dienone is 3. The molecule has 3 rings (SSSR count). The molecule has 0 atom stereocenters. The van der Waals surface area contributed by atoms with E-state index in [1.807, 2.05) is 23.6 Å². The van der Waals surface area contributed by atoms with Gasteiger partial charge in [-0.15, -0.1) is 11.3 Å². The molecule has 0 bridgehead atoms. The second-order valence-electron chi connectivity index (χ2n) is 5.38. The van der Waals surface area contributed by atoms with Crippen molar-refractivity contribution in [3.05, 3.63) is 63.6 Å². The summed E-state index contributed by atoms with van der Waals surface area (Å²) in [4.78, 5) is 13.0. The zero-order valence-electron chi connectivity index (χ0n) is 13.1. The number of methoxy groups -OCH3 is 1. The van der Waals surface area contributed by atoms with Gasteiger partial charge in [-0.25, -0.2) is 0 Å². The molecule has 2 aliphatic heterocycles. The van der Waals surface area contributed by atoms with Crippen molar-refractivity contribution in [3.63, 3.8) is 0 Å². The van der Waals surface area contributed by atoms with Crippen molar-refractivity contribution in [3.8, 4) is 0 Å². The Balaban J connectivity index is 2.17. The molecule has 4 nitrogen and oxygen atoms in total. The topological polar surface area (TPSA) is 50.4 Å². The molecule has 3 heterocycles. The summed E-state index contributed by atoms with van der Waals surface area (Å²) < 4.78 is 5.64. The number of fused-ring (bicyclic) bond motifs is 1. The lowest BCUT2D eigenvalue weighted by Crippen LogP contribution is -2.24. The van der Waals surface area contributed by atoms with Crippen molar-refractivity contribution in [2.24, 2.45) is 0 Å². The van der Waals surface area contributed by atoms with Crippen LogP contribution in [0.3, 0.4) is 0 Å². The Hall–Kier alpha value is -2.11. The minimum atomic E-state index is -0.0553. The second kappa shape index (κ2) is 6.98. The third-order valence-electron chi connectivity index (χ3n) is 4.00. The number of carbonyl (C=O) groups is 1. The van der Waals surface area contributed by atoms with Gasteiger partial charge < -0.3 is 15.4 Å². The zero-order chi connectivity index (χ0) is 16.2. The molecule has 1 amide bonds. The quantitative estimate of drug-likeness (QED) is 0.878. The number of thiophene rings is 1. The molecule has 0 fully saturated rings. The summed E-state index contributed by atoms with van der Waals surface area (Å²) in [5, 5.41) is 8.15.